The zero-order valence-corrected chi connectivity index (χ0v) is 6.95. The Hall–Kier alpha value is -1.42. The van der Waals surface area contributed by atoms with Crippen molar-refractivity contribution in [2.45, 2.75) is 0 Å². The van der Waals surface area contributed by atoms with Crippen LogP contribution in [0.25, 0.3) is 10.6 Å². The Morgan fingerprint density at radius 3 is 2.92 bits per heavy atom. The summed E-state index contributed by atoms with van der Waals surface area (Å²) in [7, 11) is 0. The first-order chi connectivity index (χ1) is 5.86. The number of hydrogen-bond donors (Lipinski definition) is 1. The van der Waals surface area contributed by atoms with Crippen LogP contribution in [0, 0.1) is 0 Å². The summed E-state index contributed by atoms with van der Waals surface area (Å²) in [5.41, 5.74) is 0.762. The van der Waals surface area contributed by atoms with E-state index in [0.29, 0.717) is 0 Å². The Balaban J connectivity index is 2.48. The predicted octanol–water partition coefficient (Wildman–Crippen LogP) is 1.91. The van der Waals surface area contributed by atoms with Crippen molar-refractivity contribution in [3.8, 4) is 16.6 Å². The number of nitrogens with zero attached hydrogens (tertiary/aromatic N) is 2. The van der Waals surface area contributed by atoms with Crippen LogP contribution in [0.3, 0.4) is 0 Å². The highest BCUT2D eigenvalue weighted by Crippen LogP contribution is 2.22. The molecule has 0 fully saturated rings. The monoisotopic (exact) mass is 178 g/mol. The number of aromatic nitrogens is 2. The lowest BCUT2D eigenvalue weighted by Gasteiger charge is -1.94. The summed E-state index contributed by atoms with van der Waals surface area (Å²) < 4.78 is 0. The second kappa shape index (κ2) is 2.91. The molecule has 1 N–H and O–H groups in total. The van der Waals surface area contributed by atoms with E-state index in [1.165, 1.54) is 6.20 Å². The molecule has 0 radical (unpaired) electrons. The predicted molar refractivity (Wildman–Crippen MR) is 47.0 cm³/mol. The van der Waals surface area contributed by atoms with Crippen molar-refractivity contribution in [1.82, 2.24) is 9.97 Å². The van der Waals surface area contributed by atoms with Crippen LogP contribution in [0.2, 0.25) is 0 Å². The van der Waals surface area contributed by atoms with Crippen LogP contribution in [0.4, 0.5) is 0 Å². The van der Waals surface area contributed by atoms with Gasteiger partial charge in [0.25, 0.3) is 0 Å². The highest BCUT2D eigenvalue weighted by atomic mass is 32.1. The van der Waals surface area contributed by atoms with E-state index in [9.17, 15) is 0 Å². The fourth-order valence-electron chi connectivity index (χ4n) is 0.910. The molecule has 60 valence electrons. The first-order valence-corrected chi connectivity index (χ1v) is 4.30. The van der Waals surface area contributed by atoms with Crippen molar-refractivity contribution in [2.75, 3.05) is 0 Å². The second-order valence-electron chi connectivity index (χ2n) is 2.22. The zero-order valence-electron chi connectivity index (χ0n) is 6.14. The quantitative estimate of drug-likeness (QED) is 0.725. The summed E-state index contributed by atoms with van der Waals surface area (Å²) in [6.07, 6.45) is 1.54. The summed E-state index contributed by atoms with van der Waals surface area (Å²) in [5, 5.41) is 11.0. The lowest BCUT2D eigenvalue weighted by molar-refractivity contribution is 0.431. The van der Waals surface area contributed by atoms with Crippen LogP contribution >= 0.6 is 11.3 Å². The van der Waals surface area contributed by atoms with Crippen LogP contribution in [-0.4, -0.2) is 15.1 Å². The molecule has 0 aliphatic carbocycles. The van der Waals surface area contributed by atoms with Crippen LogP contribution in [0.15, 0.2) is 29.8 Å². The van der Waals surface area contributed by atoms with Gasteiger partial charge in [0, 0.05) is 6.20 Å². The van der Waals surface area contributed by atoms with E-state index in [0.717, 1.165) is 10.6 Å². The smallest absolute Gasteiger partial charge is 0.314 e. The minimum atomic E-state index is -0.180. The van der Waals surface area contributed by atoms with E-state index in [1.54, 1.807) is 17.4 Å². The Bertz CT molecular complexity index is 372. The number of hydrogen-bond acceptors (Lipinski definition) is 4. The summed E-state index contributed by atoms with van der Waals surface area (Å²) in [5.74, 6) is 0. The van der Waals surface area contributed by atoms with E-state index in [2.05, 4.69) is 9.97 Å². The van der Waals surface area contributed by atoms with Crippen molar-refractivity contribution in [3.63, 3.8) is 0 Å². The molecule has 4 heteroatoms. The molecule has 2 rings (SSSR count). The minimum Gasteiger partial charge on any atom is -0.479 e. The molecule has 0 unspecified atom stereocenters. The van der Waals surface area contributed by atoms with Crippen molar-refractivity contribution in [3.05, 3.63) is 29.8 Å². The van der Waals surface area contributed by atoms with Crippen molar-refractivity contribution < 1.29 is 5.11 Å². The highest BCUT2D eigenvalue weighted by Gasteiger charge is 2.00. The molecule has 0 spiro atoms. The van der Waals surface area contributed by atoms with E-state index >= 15 is 0 Å². The lowest BCUT2D eigenvalue weighted by atomic mass is 10.3. The standard InChI is InChI=1S/C8H6N2OS/c11-8-9-4-3-6(10-8)7-2-1-5-12-7/h1-5H,(H,9,10,11). The molecule has 0 atom stereocenters. The van der Waals surface area contributed by atoms with Crippen LogP contribution in [0.5, 0.6) is 6.01 Å². The second-order valence-corrected chi connectivity index (χ2v) is 3.17. The third-order valence-corrected chi connectivity index (χ3v) is 2.31. The summed E-state index contributed by atoms with van der Waals surface area (Å²) in [6.45, 7) is 0. The molecule has 0 bridgehead atoms. The summed E-state index contributed by atoms with van der Waals surface area (Å²) >= 11 is 1.58. The highest BCUT2D eigenvalue weighted by molar-refractivity contribution is 7.13. The van der Waals surface area contributed by atoms with Crippen molar-refractivity contribution in [2.24, 2.45) is 0 Å². The maximum Gasteiger partial charge on any atom is 0.314 e. The molecule has 2 heterocycles. The molecule has 0 amide bonds. The summed E-state index contributed by atoms with van der Waals surface area (Å²) in [6, 6.07) is 5.48. The Kier molecular flexibility index (Phi) is 1.75. The summed E-state index contributed by atoms with van der Waals surface area (Å²) in [4.78, 5) is 8.50. The molecule has 2 aromatic rings. The Labute approximate surface area is 73.4 Å². The van der Waals surface area contributed by atoms with Gasteiger partial charge in [-0.2, -0.15) is 4.98 Å². The van der Waals surface area contributed by atoms with Crippen molar-refractivity contribution >= 4 is 11.3 Å². The van der Waals surface area contributed by atoms with Gasteiger partial charge in [-0.25, -0.2) is 4.98 Å². The normalized spacial score (nSPS) is 10.0. The van der Waals surface area contributed by atoms with E-state index in [1.807, 2.05) is 17.5 Å². The van der Waals surface area contributed by atoms with E-state index in [-0.39, 0.29) is 6.01 Å². The van der Waals surface area contributed by atoms with E-state index < -0.39 is 0 Å². The van der Waals surface area contributed by atoms with Gasteiger partial charge in [0.1, 0.15) is 0 Å². The number of rotatable bonds is 1. The molecule has 0 aromatic carbocycles. The third-order valence-electron chi connectivity index (χ3n) is 1.42. The maximum absolute atomic E-state index is 8.99. The Morgan fingerprint density at radius 1 is 1.33 bits per heavy atom. The van der Waals surface area contributed by atoms with Crippen LogP contribution in [-0.2, 0) is 0 Å². The van der Waals surface area contributed by atoms with Gasteiger partial charge in [-0.1, -0.05) is 6.07 Å². The molecule has 0 saturated heterocycles. The van der Waals surface area contributed by atoms with Crippen molar-refractivity contribution in [1.29, 1.82) is 0 Å². The fourth-order valence-corrected chi connectivity index (χ4v) is 1.61. The topological polar surface area (TPSA) is 46.0 Å². The average Bonchev–Trinajstić information content (AvgIpc) is 2.56. The Morgan fingerprint density at radius 2 is 2.25 bits per heavy atom. The molecule has 2 aromatic heterocycles. The van der Waals surface area contributed by atoms with Gasteiger partial charge in [-0.05, 0) is 17.5 Å². The van der Waals surface area contributed by atoms with E-state index in [4.69, 9.17) is 5.11 Å². The zero-order chi connectivity index (χ0) is 8.39. The van der Waals surface area contributed by atoms with Crippen LogP contribution < -0.4 is 0 Å². The van der Waals surface area contributed by atoms with Gasteiger partial charge >= 0.3 is 6.01 Å². The fraction of sp³-hybridized carbons (Fsp3) is 0. The van der Waals surface area contributed by atoms with Gasteiger partial charge in [0.15, 0.2) is 0 Å². The molecule has 0 saturated carbocycles. The number of aromatic hydroxyl groups is 1. The lowest BCUT2D eigenvalue weighted by Crippen LogP contribution is -1.82. The van der Waals surface area contributed by atoms with Gasteiger partial charge in [-0.3, -0.25) is 0 Å². The number of thiophene rings is 1. The van der Waals surface area contributed by atoms with Gasteiger partial charge in [0.05, 0.1) is 10.6 Å². The molecular formula is C8H6N2OS. The molecule has 3 nitrogen and oxygen atoms in total. The molecule has 0 aliphatic heterocycles. The SMILES string of the molecule is Oc1nccc(-c2cccs2)n1. The average molecular weight is 178 g/mol. The maximum atomic E-state index is 8.99. The molecule has 12 heavy (non-hydrogen) atoms. The molecule has 0 aliphatic rings. The first kappa shape index (κ1) is 7.24. The first-order valence-electron chi connectivity index (χ1n) is 3.42. The largest absolute Gasteiger partial charge is 0.479 e. The van der Waals surface area contributed by atoms with Gasteiger partial charge < -0.3 is 5.11 Å². The van der Waals surface area contributed by atoms with Gasteiger partial charge in [-0.15, -0.1) is 11.3 Å². The molecular weight excluding hydrogens is 172 g/mol. The van der Waals surface area contributed by atoms with Gasteiger partial charge in [0.2, 0.25) is 0 Å². The minimum absolute atomic E-state index is 0.180. The van der Waals surface area contributed by atoms with Crippen LogP contribution in [0.1, 0.15) is 0 Å². The third kappa shape index (κ3) is 1.29.